The smallest absolute Gasteiger partial charge is 0.158 e. The van der Waals surface area contributed by atoms with E-state index in [1.165, 1.54) is 12.1 Å². The fraction of sp³-hybridized carbons (Fsp3) is 0.467. The standard InChI is InChI=1S/C15H18F2O2/c1-10(13-7-6-12(16)9-14(13)17)11(2)19-15-5-3-4-8-18-15/h6-7,9,11,15H,1,3-5,8H2,2H3/t11-,15?/m0/s1. The molecule has 2 rings (SSSR count). The average molecular weight is 268 g/mol. The van der Waals surface area contributed by atoms with Crippen LogP contribution in [0.5, 0.6) is 0 Å². The van der Waals surface area contributed by atoms with Crippen LogP contribution in [-0.2, 0) is 9.47 Å². The second kappa shape index (κ2) is 6.26. The molecule has 0 radical (unpaired) electrons. The van der Waals surface area contributed by atoms with Crippen LogP contribution in [0.15, 0.2) is 24.8 Å². The highest BCUT2D eigenvalue weighted by molar-refractivity contribution is 5.66. The first-order chi connectivity index (χ1) is 9.08. The highest BCUT2D eigenvalue weighted by Crippen LogP contribution is 2.25. The quantitative estimate of drug-likeness (QED) is 0.824. The van der Waals surface area contributed by atoms with Crippen molar-refractivity contribution in [3.63, 3.8) is 0 Å². The molecule has 1 unspecified atom stereocenters. The van der Waals surface area contributed by atoms with Crippen molar-refractivity contribution in [2.24, 2.45) is 0 Å². The third-order valence-electron chi connectivity index (χ3n) is 3.26. The van der Waals surface area contributed by atoms with Gasteiger partial charge in [-0.2, -0.15) is 0 Å². The fourth-order valence-electron chi connectivity index (χ4n) is 2.10. The molecule has 0 bridgehead atoms. The molecule has 1 saturated heterocycles. The zero-order valence-electron chi connectivity index (χ0n) is 11.0. The summed E-state index contributed by atoms with van der Waals surface area (Å²) in [4.78, 5) is 0. The molecule has 0 aliphatic carbocycles. The molecule has 2 nitrogen and oxygen atoms in total. The van der Waals surface area contributed by atoms with Crippen LogP contribution in [0.4, 0.5) is 8.78 Å². The number of hydrogen-bond donors (Lipinski definition) is 0. The zero-order valence-corrected chi connectivity index (χ0v) is 11.0. The lowest BCUT2D eigenvalue weighted by Gasteiger charge is -2.27. The Labute approximate surface area is 112 Å². The summed E-state index contributed by atoms with van der Waals surface area (Å²) >= 11 is 0. The maximum atomic E-state index is 13.7. The van der Waals surface area contributed by atoms with Gasteiger partial charge in [0, 0.05) is 18.2 Å². The number of hydrogen-bond acceptors (Lipinski definition) is 2. The van der Waals surface area contributed by atoms with Gasteiger partial charge < -0.3 is 9.47 Å². The van der Waals surface area contributed by atoms with Gasteiger partial charge >= 0.3 is 0 Å². The Kier molecular flexibility index (Phi) is 4.66. The molecular weight excluding hydrogens is 250 g/mol. The summed E-state index contributed by atoms with van der Waals surface area (Å²) in [5.74, 6) is -1.22. The molecule has 1 fully saturated rings. The third-order valence-corrected chi connectivity index (χ3v) is 3.26. The van der Waals surface area contributed by atoms with Crippen LogP contribution in [0.2, 0.25) is 0 Å². The van der Waals surface area contributed by atoms with E-state index >= 15 is 0 Å². The summed E-state index contributed by atoms with van der Waals surface area (Å²) in [5, 5.41) is 0. The molecule has 1 aromatic rings. The molecule has 0 amide bonds. The van der Waals surface area contributed by atoms with Crippen molar-refractivity contribution in [1.29, 1.82) is 0 Å². The zero-order chi connectivity index (χ0) is 13.8. The molecule has 1 aliphatic rings. The van der Waals surface area contributed by atoms with Gasteiger partial charge in [-0.25, -0.2) is 8.78 Å². The van der Waals surface area contributed by atoms with Crippen molar-refractivity contribution in [3.8, 4) is 0 Å². The Bertz CT molecular complexity index is 453. The van der Waals surface area contributed by atoms with Gasteiger partial charge in [0.05, 0.1) is 6.10 Å². The molecule has 1 aliphatic heterocycles. The van der Waals surface area contributed by atoms with Crippen molar-refractivity contribution in [2.75, 3.05) is 6.61 Å². The van der Waals surface area contributed by atoms with Crippen molar-refractivity contribution >= 4 is 5.57 Å². The van der Waals surface area contributed by atoms with Crippen molar-refractivity contribution in [2.45, 2.75) is 38.6 Å². The van der Waals surface area contributed by atoms with Gasteiger partial charge in [-0.05, 0) is 43.9 Å². The number of ether oxygens (including phenoxy) is 2. The van der Waals surface area contributed by atoms with E-state index in [1.807, 2.05) is 0 Å². The molecular formula is C15H18F2O2. The van der Waals surface area contributed by atoms with Gasteiger partial charge in [0.25, 0.3) is 0 Å². The van der Waals surface area contributed by atoms with Gasteiger partial charge in [-0.3, -0.25) is 0 Å². The van der Waals surface area contributed by atoms with Crippen LogP contribution in [-0.4, -0.2) is 19.0 Å². The van der Waals surface area contributed by atoms with E-state index in [1.54, 1.807) is 6.92 Å². The predicted octanol–water partition coefficient (Wildman–Crippen LogP) is 3.91. The van der Waals surface area contributed by atoms with E-state index in [9.17, 15) is 8.78 Å². The summed E-state index contributed by atoms with van der Waals surface area (Å²) in [6.07, 6.45) is 2.31. The summed E-state index contributed by atoms with van der Waals surface area (Å²) in [7, 11) is 0. The van der Waals surface area contributed by atoms with Crippen molar-refractivity contribution < 1.29 is 18.3 Å². The van der Waals surface area contributed by atoms with Crippen LogP contribution < -0.4 is 0 Å². The lowest BCUT2D eigenvalue weighted by Crippen LogP contribution is -2.27. The normalized spacial score (nSPS) is 21.1. The summed E-state index contributed by atoms with van der Waals surface area (Å²) < 4.78 is 37.7. The highest BCUT2D eigenvalue weighted by Gasteiger charge is 2.20. The average Bonchev–Trinajstić information content (AvgIpc) is 2.39. The second-order valence-corrected chi connectivity index (χ2v) is 4.72. The minimum absolute atomic E-state index is 0.260. The minimum Gasteiger partial charge on any atom is -0.353 e. The Morgan fingerprint density at radius 2 is 2.21 bits per heavy atom. The van der Waals surface area contributed by atoms with Crippen molar-refractivity contribution in [3.05, 3.63) is 42.0 Å². The molecule has 0 saturated carbocycles. The van der Waals surface area contributed by atoms with Crippen LogP contribution in [0.1, 0.15) is 31.7 Å². The molecule has 4 heteroatoms. The van der Waals surface area contributed by atoms with Crippen molar-refractivity contribution in [1.82, 2.24) is 0 Å². The van der Waals surface area contributed by atoms with E-state index in [4.69, 9.17) is 9.47 Å². The van der Waals surface area contributed by atoms with Crippen LogP contribution in [0.25, 0.3) is 5.57 Å². The summed E-state index contributed by atoms with van der Waals surface area (Å²) in [5.41, 5.74) is 0.774. The minimum atomic E-state index is -0.620. The largest absolute Gasteiger partial charge is 0.353 e. The topological polar surface area (TPSA) is 18.5 Å². The lowest BCUT2D eigenvalue weighted by atomic mass is 10.0. The maximum absolute atomic E-state index is 13.7. The van der Waals surface area contributed by atoms with E-state index in [0.717, 1.165) is 25.3 Å². The Morgan fingerprint density at radius 1 is 1.42 bits per heavy atom. The second-order valence-electron chi connectivity index (χ2n) is 4.72. The molecule has 0 spiro atoms. The molecule has 104 valence electrons. The lowest BCUT2D eigenvalue weighted by molar-refractivity contribution is -0.172. The van der Waals surface area contributed by atoms with E-state index in [0.29, 0.717) is 12.2 Å². The molecule has 1 aromatic carbocycles. The number of benzene rings is 1. The molecule has 2 atom stereocenters. The van der Waals surface area contributed by atoms with Gasteiger partial charge in [0.1, 0.15) is 11.6 Å². The SMILES string of the molecule is C=C(c1ccc(F)cc1F)[C@H](C)OC1CCCCO1. The van der Waals surface area contributed by atoms with Crippen LogP contribution >= 0.6 is 0 Å². The monoisotopic (exact) mass is 268 g/mol. The highest BCUT2D eigenvalue weighted by atomic mass is 19.1. The third kappa shape index (κ3) is 3.61. The van der Waals surface area contributed by atoms with Gasteiger partial charge in [0.15, 0.2) is 6.29 Å². The van der Waals surface area contributed by atoms with E-state index < -0.39 is 11.6 Å². The Hall–Kier alpha value is -1.26. The fourth-order valence-corrected chi connectivity index (χ4v) is 2.10. The number of halogens is 2. The maximum Gasteiger partial charge on any atom is 0.158 e. The summed E-state index contributed by atoms with van der Waals surface area (Å²) in [6.45, 7) is 6.32. The first kappa shape index (κ1) is 14.2. The molecule has 0 N–H and O–H groups in total. The Balaban J connectivity index is 2.01. The Morgan fingerprint density at radius 3 is 2.84 bits per heavy atom. The van der Waals surface area contributed by atoms with Gasteiger partial charge in [-0.15, -0.1) is 0 Å². The molecule has 19 heavy (non-hydrogen) atoms. The predicted molar refractivity (Wildman–Crippen MR) is 69.5 cm³/mol. The first-order valence-corrected chi connectivity index (χ1v) is 6.49. The van der Waals surface area contributed by atoms with Crippen LogP contribution in [0.3, 0.4) is 0 Å². The van der Waals surface area contributed by atoms with Gasteiger partial charge in [0.2, 0.25) is 0 Å². The molecule has 1 heterocycles. The summed E-state index contributed by atoms with van der Waals surface area (Å²) in [6, 6.07) is 3.45. The van der Waals surface area contributed by atoms with E-state index in [-0.39, 0.29) is 18.0 Å². The van der Waals surface area contributed by atoms with E-state index in [2.05, 4.69) is 6.58 Å². The molecule has 0 aromatic heterocycles. The van der Waals surface area contributed by atoms with Gasteiger partial charge in [-0.1, -0.05) is 6.58 Å². The first-order valence-electron chi connectivity index (χ1n) is 6.49. The van der Waals surface area contributed by atoms with Crippen LogP contribution in [0, 0.1) is 11.6 Å². The number of rotatable bonds is 4.